The maximum absolute atomic E-state index is 12.9. The van der Waals surface area contributed by atoms with E-state index in [0.717, 1.165) is 25.2 Å². The minimum atomic E-state index is -4.38. The molecule has 0 radical (unpaired) electrons. The van der Waals surface area contributed by atoms with Crippen molar-refractivity contribution in [2.24, 2.45) is 0 Å². The number of carbonyl (C=O) groups is 1. The lowest BCUT2D eigenvalue weighted by molar-refractivity contribution is -0.137. The average Bonchev–Trinajstić information content (AvgIpc) is 3.10. The quantitative estimate of drug-likeness (QED) is 0.731. The molecule has 1 aromatic carbocycles. The number of morpholine rings is 1. The second kappa shape index (κ2) is 8.41. The molecule has 3 rings (SSSR count). The number of rotatable bonds is 5. The van der Waals surface area contributed by atoms with Crippen LogP contribution in [-0.4, -0.2) is 67.2 Å². The average molecular weight is 384 g/mol. The van der Waals surface area contributed by atoms with E-state index in [4.69, 9.17) is 9.47 Å². The predicted molar refractivity (Wildman–Crippen MR) is 93.0 cm³/mol. The number of halogens is 3. The summed E-state index contributed by atoms with van der Waals surface area (Å²) in [5, 5.41) is 0. The van der Waals surface area contributed by atoms with E-state index in [9.17, 15) is 18.0 Å². The second-order valence-electron chi connectivity index (χ2n) is 6.71. The monoisotopic (exact) mass is 384 g/mol. The van der Waals surface area contributed by atoms with Crippen molar-refractivity contribution in [2.75, 3.05) is 39.4 Å². The Hall–Kier alpha value is -1.90. The van der Waals surface area contributed by atoms with Crippen LogP contribution in [0.2, 0.25) is 0 Å². The molecular weight excluding hydrogens is 361 g/mol. The molecule has 2 aliphatic rings. The normalized spacial score (nSPS) is 24.2. The zero-order chi connectivity index (χ0) is 19.4. The molecule has 1 aromatic rings. The zero-order valence-electron chi connectivity index (χ0n) is 15.0. The predicted octanol–water partition coefficient (Wildman–Crippen LogP) is 2.32. The lowest BCUT2D eigenvalue weighted by atomic mass is 10.1. The van der Waals surface area contributed by atoms with Gasteiger partial charge in [-0.2, -0.15) is 13.2 Å². The van der Waals surface area contributed by atoms with Crippen LogP contribution in [-0.2, 0) is 27.1 Å². The summed E-state index contributed by atoms with van der Waals surface area (Å²) in [6.07, 6.45) is -3.39. The maximum atomic E-state index is 12.9. The fourth-order valence-electron chi connectivity index (χ4n) is 3.53. The summed E-state index contributed by atoms with van der Waals surface area (Å²) in [5.74, 6) is -0.168. The SMILES string of the molecule is C=CC(=O)N1C[C@@H](N2CCOCC2)[C@H](OCc2cccc(C(F)(F)F)c2)C1. The van der Waals surface area contributed by atoms with Crippen LogP contribution in [0.4, 0.5) is 13.2 Å². The van der Waals surface area contributed by atoms with Crippen LogP contribution in [0.15, 0.2) is 36.9 Å². The molecule has 2 fully saturated rings. The van der Waals surface area contributed by atoms with E-state index in [-0.39, 0.29) is 24.7 Å². The number of amides is 1. The molecule has 0 N–H and O–H groups in total. The van der Waals surface area contributed by atoms with Gasteiger partial charge < -0.3 is 14.4 Å². The van der Waals surface area contributed by atoms with Crippen LogP contribution >= 0.6 is 0 Å². The molecule has 1 amide bonds. The first-order chi connectivity index (χ1) is 12.9. The van der Waals surface area contributed by atoms with Crippen molar-refractivity contribution in [1.82, 2.24) is 9.80 Å². The van der Waals surface area contributed by atoms with Crippen molar-refractivity contribution in [1.29, 1.82) is 0 Å². The summed E-state index contributed by atoms with van der Waals surface area (Å²) in [5.41, 5.74) is -0.234. The summed E-state index contributed by atoms with van der Waals surface area (Å²) in [7, 11) is 0. The van der Waals surface area contributed by atoms with E-state index in [0.29, 0.717) is 31.9 Å². The van der Waals surface area contributed by atoms with Gasteiger partial charge in [-0.15, -0.1) is 0 Å². The first-order valence-corrected chi connectivity index (χ1v) is 8.89. The lowest BCUT2D eigenvalue weighted by Gasteiger charge is -2.34. The largest absolute Gasteiger partial charge is 0.416 e. The number of ether oxygens (including phenoxy) is 2. The Morgan fingerprint density at radius 2 is 2.04 bits per heavy atom. The molecule has 0 aromatic heterocycles. The van der Waals surface area contributed by atoms with Crippen LogP contribution in [0, 0.1) is 0 Å². The molecule has 0 unspecified atom stereocenters. The molecule has 0 bridgehead atoms. The Bertz CT molecular complexity index is 674. The van der Waals surface area contributed by atoms with Gasteiger partial charge in [-0.1, -0.05) is 18.7 Å². The van der Waals surface area contributed by atoms with Crippen molar-refractivity contribution in [2.45, 2.75) is 24.9 Å². The molecule has 0 saturated carbocycles. The van der Waals surface area contributed by atoms with Crippen LogP contribution in [0.5, 0.6) is 0 Å². The first-order valence-electron chi connectivity index (χ1n) is 8.89. The number of likely N-dealkylation sites (tertiary alicyclic amines) is 1. The minimum absolute atomic E-state index is 0.0106. The Morgan fingerprint density at radius 1 is 1.30 bits per heavy atom. The third-order valence-electron chi connectivity index (χ3n) is 4.96. The van der Waals surface area contributed by atoms with Gasteiger partial charge in [-0.25, -0.2) is 0 Å². The lowest BCUT2D eigenvalue weighted by Crippen LogP contribution is -2.49. The maximum Gasteiger partial charge on any atom is 0.416 e. The van der Waals surface area contributed by atoms with Crippen molar-refractivity contribution < 1.29 is 27.4 Å². The van der Waals surface area contributed by atoms with E-state index < -0.39 is 11.7 Å². The van der Waals surface area contributed by atoms with Crippen LogP contribution in [0.25, 0.3) is 0 Å². The van der Waals surface area contributed by atoms with E-state index in [1.807, 2.05) is 0 Å². The Morgan fingerprint density at radius 3 is 2.70 bits per heavy atom. The van der Waals surface area contributed by atoms with E-state index in [2.05, 4.69) is 11.5 Å². The number of hydrogen-bond acceptors (Lipinski definition) is 4. The third kappa shape index (κ3) is 4.88. The smallest absolute Gasteiger partial charge is 0.379 e. The van der Waals surface area contributed by atoms with E-state index in [1.54, 1.807) is 11.0 Å². The molecular formula is C19H23F3N2O3. The topological polar surface area (TPSA) is 42.0 Å². The number of benzene rings is 1. The highest BCUT2D eigenvalue weighted by Crippen LogP contribution is 2.30. The Balaban J connectivity index is 1.68. The van der Waals surface area contributed by atoms with Crippen molar-refractivity contribution in [3.05, 3.63) is 48.0 Å². The second-order valence-corrected chi connectivity index (χ2v) is 6.71. The van der Waals surface area contributed by atoms with Gasteiger partial charge in [0.05, 0.1) is 37.5 Å². The molecule has 27 heavy (non-hydrogen) atoms. The van der Waals surface area contributed by atoms with Gasteiger partial charge in [-0.05, 0) is 23.8 Å². The van der Waals surface area contributed by atoms with Crippen LogP contribution in [0.1, 0.15) is 11.1 Å². The summed E-state index contributed by atoms with van der Waals surface area (Å²) in [6, 6.07) is 5.12. The Kier molecular flexibility index (Phi) is 6.18. The molecule has 2 atom stereocenters. The molecule has 8 heteroatoms. The summed E-state index contributed by atoms with van der Waals surface area (Å²) < 4.78 is 50.0. The fraction of sp³-hybridized carbons (Fsp3) is 0.526. The molecule has 5 nitrogen and oxygen atoms in total. The standard InChI is InChI=1S/C19H23F3N2O3/c1-2-18(25)24-11-16(23-6-8-26-9-7-23)17(12-24)27-13-14-4-3-5-15(10-14)19(20,21)22/h2-5,10,16-17H,1,6-9,11-13H2/t16-,17-/m1/s1. The van der Waals surface area contributed by atoms with Gasteiger partial charge in [-0.3, -0.25) is 9.69 Å². The highest BCUT2D eigenvalue weighted by atomic mass is 19.4. The molecule has 2 saturated heterocycles. The van der Waals surface area contributed by atoms with Gasteiger partial charge in [0.1, 0.15) is 0 Å². The fourth-order valence-corrected chi connectivity index (χ4v) is 3.53. The van der Waals surface area contributed by atoms with E-state index in [1.165, 1.54) is 12.1 Å². The Labute approximate surface area is 156 Å². The van der Waals surface area contributed by atoms with Crippen LogP contribution in [0.3, 0.4) is 0 Å². The van der Waals surface area contributed by atoms with Crippen molar-refractivity contribution >= 4 is 5.91 Å². The third-order valence-corrected chi connectivity index (χ3v) is 4.96. The number of nitrogens with zero attached hydrogens (tertiary/aromatic N) is 2. The molecule has 2 aliphatic heterocycles. The van der Waals surface area contributed by atoms with Gasteiger partial charge in [0.2, 0.25) is 5.91 Å². The van der Waals surface area contributed by atoms with Gasteiger partial charge in [0, 0.05) is 26.2 Å². The van der Waals surface area contributed by atoms with Crippen molar-refractivity contribution in [3.63, 3.8) is 0 Å². The number of hydrogen-bond donors (Lipinski definition) is 0. The number of carbonyl (C=O) groups excluding carboxylic acids is 1. The van der Waals surface area contributed by atoms with Gasteiger partial charge >= 0.3 is 6.18 Å². The van der Waals surface area contributed by atoms with Gasteiger partial charge in [0.15, 0.2) is 0 Å². The molecule has 148 valence electrons. The first kappa shape index (κ1) is 19.9. The highest BCUT2D eigenvalue weighted by molar-refractivity contribution is 5.87. The molecule has 2 heterocycles. The zero-order valence-corrected chi connectivity index (χ0v) is 15.0. The summed E-state index contributed by atoms with van der Waals surface area (Å²) in [4.78, 5) is 15.9. The molecule has 0 spiro atoms. The van der Waals surface area contributed by atoms with Crippen molar-refractivity contribution in [3.8, 4) is 0 Å². The van der Waals surface area contributed by atoms with Gasteiger partial charge in [0.25, 0.3) is 0 Å². The minimum Gasteiger partial charge on any atom is -0.379 e. The van der Waals surface area contributed by atoms with E-state index >= 15 is 0 Å². The summed E-state index contributed by atoms with van der Waals surface area (Å²) >= 11 is 0. The van der Waals surface area contributed by atoms with Crippen LogP contribution < -0.4 is 0 Å². The molecule has 0 aliphatic carbocycles. The summed E-state index contributed by atoms with van der Waals surface area (Å²) in [6.45, 7) is 7.20. The highest BCUT2D eigenvalue weighted by Gasteiger charge is 2.39. The number of alkyl halides is 3.